The molecule has 2 unspecified atom stereocenters. The monoisotopic (exact) mass is 362 g/mol. The summed E-state index contributed by atoms with van der Waals surface area (Å²) >= 11 is 0. The van der Waals surface area contributed by atoms with Gasteiger partial charge in [0.2, 0.25) is 0 Å². The first-order valence-corrected chi connectivity index (χ1v) is 9.66. The van der Waals surface area contributed by atoms with Crippen LogP contribution in [0.4, 0.5) is 0 Å². The van der Waals surface area contributed by atoms with E-state index in [2.05, 4.69) is 38.8 Å². The van der Waals surface area contributed by atoms with E-state index in [-0.39, 0.29) is 17.8 Å². The Hall–Kier alpha value is -2.12. The number of aryl methyl sites for hydroxylation is 1. The molecule has 8 nitrogen and oxygen atoms in total. The van der Waals surface area contributed by atoms with Crippen molar-refractivity contribution in [3.8, 4) is 0 Å². The summed E-state index contributed by atoms with van der Waals surface area (Å²) in [4.78, 5) is 18.9. The van der Waals surface area contributed by atoms with E-state index in [1.807, 2.05) is 0 Å². The number of nitrogens with one attached hydrogen (secondary N) is 1. The predicted octanol–water partition coefficient (Wildman–Crippen LogP) is 1.21. The van der Waals surface area contributed by atoms with Gasteiger partial charge in [-0.05, 0) is 25.7 Å². The molecular formula is C18H30N6O2. The number of hydrogen-bond donors (Lipinski definition) is 1. The summed E-state index contributed by atoms with van der Waals surface area (Å²) in [5, 5.41) is 12.0. The second kappa shape index (κ2) is 8.51. The van der Waals surface area contributed by atoms with E-state index in [1.165, 1.54) is 26.4 Å². The number of fused-ring (bicyclic) bond motifs is 1. The van der Waals surface area contributed by atoms with Crippen molar-refractivity contribution in [3.05, 3.63) is 11.6 Å². The molecule has 8 heteroatoms. The number of nitrogens with zero attached hydrogens (tertiary/aromatic N) is 5. The molecule has 3 heterocycles. The average molecular weight is 362 g/mol. The molecule has 0 bridgehead atoms. The number of ether oxygens (including phenoxy) is 1. The van der Waals surface area contributed by atoms with Gasteiger partial charge in [-0.15, -0.1) is 10.2 Å². The molecule has 1 aromatic heterocycles. The summed E-state index contributed by atoms with van der Waals surface area (Å²) in [6.45, 7) is 7.84. The Kier molecular flexibility index (Phi) is 6.11. The Morgan fingerprint density at radius 1 is 1.31 bits per heavy atom. The third-order valence-corrected chi connectivity index (χ3v) is 5.31. The van der Waals surface area contributed by atoms with E-state index in [0.29, 0.717) is 13.1 Å². The molecule has 1 fully saturated rings. The average Bonchev–Trinajstić information content (AvgIpc) is 3.13. The van der Waals surface area contributed by atoms with E-state index in [1.54, 1.807) is 0 Å². The zero-order valence-electron chi connectivity index (χ0n) is 16.1. The van der Waals surface area contributed by atoms with Crippen molar-refractivity contribution in [1.82, 2.24) is 25.0 Å². The minimum Gasteiger partial charge on any atom is -0.469 e. The van der Waals surface area contributed by atoms with Crippen molar-refractivity contribution in [2.24, 2.45) is 16.8 Å². The van der Waals surface area contributed by atoms with Crippen LogP contribution >= 0.6 is 0 Å². The van der Waals surface area contributed by atoms with E-state index >= 15 is 0 Å². The summed E-state index contributed by atoms with van der Waals surface area (Å²) in [6.07, 6.45) is 4.60. The van der Waals surface area contributed by atoms with Crippen LogP contribution in [0, 0.1) is 11.8 Å². The lowest BCUT2D eigenvalue weighted by Crippen LogP contribution is -2.40. The number of aliphatic imine (C=N–C) groups is 1. The number of guanidine groups is 1. The molecule has 1 N–H and O–H groups in total. The molecule has 2 aliphatic rings. The fraction of sp³-hybridized carbons (Fsp3) is 0.778. The van der Waals surface area contributed by atoms with Crippen LogP contribution < -0.4 is 5.32 Å². The lowest BCUT2D eigenvalue weighted by atomic mass is 9.99. The maximum absolute atomic E-state index is 12.0. The van der Waals surface area contributed by atoms with Crippen LogP contribution in [0.3, 0.4) is 0 Å². The summed E-state index contributed by atoms with van der Waals surface area (Å²) in [6, 6.07) is 0. The molecule has 26 heavy (non-hydrogen) atoms. The van der Waals surface area contributed by atoms with Gasteiger partial charge in [0.1, 0.15) is 12.4 Å². The molecular weight excluding hydrogens is 332 g/mol. The number of carbonyl (C=O) groups is 1. The van der Waals surface area contributed by atoms with E-state index < -0.39 is 0 Å². The van der Waals surface area contributed by atoms with Gasteiger partial charge in [0, 0.05) is 32.6 Å². The second-order valence-electron chi connectivity index (χ2n) is 7.18. The van der Waals surface area contributed by atoms with Gasteiger partial charge in [0.25, 0.3) is 0 Å². The van der Waals surface area contributed by atoms with Gasteiger partial charge in [-0.25, -0.2) is 4.99 Å². The van der Waals surface area contributed by atoms with Gasteiger partial charge in [0.05, 0.1) is 13.0 Å². The molecule has 0 saturated carbocycles. The molecule has 0 aliphatic carbocycles. The fourth-order valence-corrected chi connectivity index (χ4v) is 3.83. The van der Waals surface area contributed by atoms with E-state index in [0.717, 1.165) is 43.7 Å². The van der Waals surface area contributed by atoms with Gasteiger partial charge >= 0.3 is 5.97 Å². The highest BCUT2D eigenvalue weighted by Crippen LogP contribution is 2.24. The number of methoxy groups -OCH3 is 1. The van der Waals surface area contributed by atoms with Gasteiger partial charge in [0.15, 0.2) is 11.8 Å². The van der Waals surface area contributed by atoms with Crippen molar-refractivity contribution in [3.63, 3.8) is 0 Å². The summed E-state index contributed by atoms with van der Waals surface area (Å²) in [5.41, 5.74) is 0. The van der Waals surface area contributed by atoms with E-state index in [9.17, 15) is 4.79 Å². The van der Waals surface area contributed by atoms with Crippen LogP contribution in [0.1, 0.15) is 44.8 Å². The number of rotatable bonds is 4. The Morgan fingerprint density at radius 2 is 2.15 bits per heavy atom. The summed E-state index contributed by atoms with van der Waals surface area (Å²) < 4.78 is 7.16. The van der Waals surface area contributed by atoms with Gasteiger partial charge in [-0.3, -0.25) is 4.79 Å². The lowest BCUT2D eigenvalue weighted by Gasteiger charge is -2.21. The van der Waals surface area contributed by atoms with Crippen molar-refractivity contribution in [1.29, 1.82) is 0 Å². The Labute approximate surface area is 155 Å². The SMILES string of the molecule is CCNC(=NCc1nnc2n1CCCCC2)N1CC(C)C(C(=O)OC)C1. The standard InChI is InChI=1S/C18H30N6O2/c1-4-19-18(23-11-13(2)14(12-23)17(25)26-3)20-10-16-22-21-15-8-6-5-7-9-24(15)16/h13-14H,4-12H2,1-3H3,(H,19,20). The number of aromatic nitrogens is 3. The third-order valence-electron chi connectivity index (χ3n) is 5.31. The number of esters is 1. The minimum atomic E-state index is -0.140. The summed E-state index contributed by atoms with van der Waals surface area (Å²) in [7, 11) is 1.45. The smallest absolute Gasteiger partial charge is 0.310 e. The first-order chi connectivity index (χ1) is 12.6. The Bertz CT molecular complexity index is 656. The Morgan fingerprint density at radius 3 is 2.92 bits per heavy atom. The zero-order chi connectivity index (χ0) is 18.5. The number of likely N-dealkylation sites (tertiary alicyclic amines) is 1. The maximum Gasteiger partial charge on any atom is 0.310 e. The van der Waals surface area contributed by atoms with Gasteiger partial charge < -0.3 is 19.5 Å². The molecule has 0 aromatic carbocycles. The molecule has 0 radical (unpaired) electrons. The van der Waals surface area contributed by atoms with E-state index in [4.69, 9.17) is 9.73 Å². The zero-order valence-corrected chi connectivity index (χ0v) is 16.1. The molecule has 0 amide bonds. The first kappa shape index (κ1) is 18.7. The van der Waals surface area contributed by atoms with Crippen LogP contribution in [-0.2, 0) is 29.0 Å². The molecule has 1 aromatic rings. The van der Waals surface area contributed by atoms with Crippen LogP contribution in [0.2, 0.25) is 0 Å². The number of carbonyl (C=O) groups excluding carboxylic acids is 1. The fourth-order valence-electron chi connectivity index (χ4n) is 3.83. The van der Waals surface area contributed by atoms with Gasteiger partial charge in [-0.2, -0.15) is 0 Å². The Balaban J connectivity index is 1.72. The molecule has 2 atom stereocenters. The predicted molar refractivity (Wildman–Crippen MR) is 98.6 cm³/mol. The van der Waals surface area contributed by atoms with Crippen molar-refractivity contribution >= 4 is 11.9 Å². The maximum atomic E-state index is 12.0. The van der Waals surface area contributed by atoms with Crippen molar-refractivity contribution < 1.29 is 9.53 Å². The van der Waals surface area contributed by atoms with Crippen LogP contribution in [0.5, 0.6) is 0 Å². The van der Waals surface area contributed by atoms with Crippen molar-refractivity contribution in [2.75, 3.05) is 26.7 Å². The lowest BCUT2D eigenvalue weighted by molar-refractivity contribution is -0.145. The number of hydrogen-bond acceptors (Lipinski definition) is 5. The highest BCUT2D eigenvalue weighted by Gasteiger charge is 2.36. The molecule has 2 aliphatic heterocycles. The van der Waals surface area contributed by atoms with Crippen LogP contribution in [0.25, 0.3) is 0 Å². The minimum absolute atomic E-state index is 0.103. The first-order valence-electron chi connectivity index (χ1n) is 9.66. The quantitative estimate of drug-likeness (QED) is 0.492. The molecule has 1 saturated heterocycles. The normalized spacial score (nSPS) is 23.5. The topological polar surface area (TPSA) is 84.6 Å². The highest BCUT2D eigenvalue weighted by molar-refractivity contribution is 5.82. The van der Waals surface area contributed by atoms with Crippen LogP contribution in [-0.4, -0.2) is 58.3 Å². The second-order valence-corrected chi connectivity index (χ2v) is 7.18. The molecule has 0 spiro atoms. The molecule has 144 valence electrons. The van der Waals surface area contributed by atoms with Crippen molar-refractivity contribution in [2.45, 2.75) is 52.6 Å². The van der Waals surface area contributed by atoms with Crippen LogP contribution in [0.15, 0.2) is 4.99 Å². The van der Waals surface area contributed by atoms with Gasteiger partial charge in [-0.1, -0.05) is 13.3 Å². The molecule has 3 rings (SSSR count). The summed E-state index contributed by atoms with van der Waals surface area (Å²) in [5.74, 6) is 2.84. The third kappa shape index (κ3) is 3.99. The largest absolute Gasteiger partial charge is 0.469 e. The highest BCUT2D eigenvalue weighted by atomic mass is 16.5.